The minimum atomic E-state index is 0.725. The molecule has 1 aromatic heterocycles. The Morgan fingerprint density at radius 1 is 0.920 bits per heavy atom. The third kappa shape index (κ3) is 3.13. The largest absolute Gasteiger partial charge is 0.363 e. The summed E-state index contributed by atoms with van der Waals surface area (Å²) in [6.45, 7) is 4.94. The van der Waals surface area contributed by atoms with Gasteiger partial charge in [0.15, 0.2) is 11.4 Å². The molecule has 0 aliphatic rings. The lowest BCUT2D eigenvalue weighted by Gasteiger charge is -2.06. The highest BCUT2D eigenvalue weighted by atomic mass is 16.5. The highest BCUT2D eigenvalue weighted by molar-refractivity contribution is 5.91. The van der Waals surface area contributed by atoms with E-state index < -0.39 is 0 Å². The third-order valence-electron chi connectivity index (χ3n) is 4.47. The van der Waals surface area contributed by atoms with E-state index in [2.05, 4.69) is 91.1 Å². The second kappa shape index (κ2) is 6.44. The molecule has 0 saturated heterocycles. The van der Waals surface area contributed by atoms with Gasteiger partial charge < -0.3 is 9.84 Å². The van der Waals surface area contributed by atoms with E-state index in [0.29, 0.717) is 0 Å². The highest BCUT2D eigenvalue weighted by Gasteiger charge is 2.10. The Balaban J connectivity index is 1.61. The average Bonchev–Trinajstić information content (AvgIpc) is 3.03. The fourth-order valence-corrected chi connectivity index (χ4v) is 3.14. The summed E-state index contributed by atoms with van der Waals surface area (Å²) < 4.78 is 5.55. The zero-order chi connectivity index (χ0) is 17.2. The van der Waals surface area contributed by atoms with Crippen LogP contribution in [-0.2, 0) is 6.54 Å². The van der Waals surface area contributed by atoms with E-state index in [4.69, 9.17) is 4.52 Å². The minimum absolute atomic E-state index is 0.725. The van der Waals surface area contributed by atoms with Crippen molar-refractivity contribution in [2.45, 2.75) is 20.4 Å². The maximum Gasteiger partial charge on any atom is 0.177 e. The van der Waals surface area contributed by atoms with Gasteiger partial charge >= 0.3 is 0 Å². The number of aromatic nitrogens is 1. The number of nitrogens with one attached hydrogen (secondary N) is 1. The standard InChI is InChI=1S/C22H20N2O/c1-15-6-5-8-17(12-15)14-23-22-20-11-10-18(13-21(20)25-24-22)19-9-4-3-7-16(19)2/h3-13H,14H2,1-2H3,(H,23,24). The Hall–Kier alpha value is -3.07. The van der Waals surface area contributed by atoms with Crippen molar-refractivity contribution in [3.8, 4) is 11.1 Å². The van der Waals surface area contributed by atoms with Crippen LogP contribution in [0.4, 0.5) is 5.82 Å². The van der Waals surface area contributed by atoms with Crippen molar-refractivity contribution in [3.05, 3.63) is 83.4 Å². The molecule has 3 nitrogen and oxygen atoms in total. The van der Waals surface area contributed by atoms with Crippen molar-refractivity contribution in [2.75, 3.05) is 5.32 Å². The number of fused-ring (bicyclic) bond motifs is 1. The SMILES string of the molecule is Cc1cccc(CNc2noc3cc(-c4ccccc4C)ccc23)c1. The van der Waals surface area contributed by atoms with Crippen LogP contribution in [0, 0.1) is 13.8 Å². The third-order valence-corrected chi connectivity index (χ3v) is 4.47. The zero-order valence-corrected chi connectivity index (χ0v) is 14.4. The number of nitrogens with zero attached hydrogens (tertiary/aromatic N) is 1. The Bertz CT molecular complexity index is 1030. The monoisotopic (exact) mass is 328 g/mol. The van der Waals surface area contributed by atoms with Crippen molar-refractivity contribution in [1.82, 2.24) is 5.16 Å². The van der Waals surface area contributed by atoms with Crippen molar-refractivity contribution in [1.29, 1.82) is 0 Å². The van der Waals surface area contributed by atoms with Crippen LogP contribution < -0.4 is 5.32 Å². The summed E-state index contributed by atoms with van der Waals surface area (Å²) in [4.78, 5) is 0. The first-order valence-corrected chi connectivity index (χ1v) is 8.45. The molecule has 0 amide bonds. The van der Waals surface area contributed by atoms with Gasteiger partial charge in [0.05, 0.1) is 5.39 Å². The summed E-state index contributed by atoms with van der Waals surface area (Å²) in [6.07, 6.45) is 0. The molecule has 0 spiro atoms. The average molecular weight is 328 g/mol. The summed E-state index contributed by atoms with van der Waals surface area (Å²) in [7, 11) is 0. The lowest BCUT2D eigenvalue weighted by molar-refractivity contribution is 0.459. The topological polar surface area (TPSA) is 38.1 Å². The van der Waals surface area contributed by atoms with Gasteiger partial charge in [-0.2, -0.15) is 0 Å². The number of aryl methyl sites for hydroxylation is 2. The van der Waals surface area contributed by atoms with E-state index in [1.165, 1.54) is 22.3 Å². The van der Waals surface area contributed by atoms with Gasteiger partial charge in [-0.1, -0.05) is 65.3 Å². The second-order valence-electron chi connectivity index (χ2n) is 6.40. The summed E-state index contributed by atoms with van der Waals surface area (Å²) in [5.74, 6) is 0.785. The lowest BCUT2D eigenvalue weighted by atomic mass is 10.00. The first-order chi connectivity index (χ1) is 12.2. The Morgan fingerprint density at radius 3 is 2.64 bits per heavy atom. The Labute approximate surface area is 147 Å². The maximum atomic E-state index is 5.55. The maximum absolute atomic E-state index is 5.55. The molecule has 0 aliphatic carbocycles. The highest BCUT2D eigenvalue weighted by Crippen LogP contribution is 2.30. The molecule has 0 radical (unpaired) electrons. The minimum Gasteiger partial charge on any atom is -0.363 e. The normalized spacial score (nSPS) is 11.0. The molecule has 124 valence electrons. The summed E-state index contributed by atoms with van der Waals surface area (Å²) in [6, 6.07) is 23.1. The molecule has 3 aromatic carbocycles. The first-order valence-electron chi connectivity index (χ1n) is 8.45. The summed E-state index contributed by atoms with van der Waals surface area (Å²) in [5, 5.41) is 8.59. The molecule has 1 heterocycles. The second-order valence-corrected chi connectivity index (χ2v) is 6.40. The molecule has 0 bridgehead atoms. The Kier molecular flexibility index (Phi) is 3.98. The van der Waals surface area contributed by atoms with Crippen LogP contribution in [-0.4, -0.2) is 5.16 Å². The number of anilines is 1. The summed E-state index contributed by atoms with van der Waals surface area (Å²) >= 11 is 0. The molecule has 0 saturated carbocycles. The summed E-state index contributed by atoms with van der Waals surface area (Å²) in [5.41, 5.74) is 6.90. The van der Waals surface area contributed by atoms with Gasteiger partial charge in [-0.3, -0.25) is 0 Å². The van der Waals surface area contributed by atoms with Crippen LogP contribution in [0.1, 0.15) is 16.7 Å². The molecule has 0 fully saturated rings. The van der Waals surface area contributed by atoms with Gasteiger partial charge in [0, 0.05) is 6.54 Å². The molecule has 25 heavy (non-hydrogen) atoms. The molecule has 4 aromatic rings. The van der Waals surface area contributed by atoms with Gasteiger partial charge in [-0.25, -0.2) is 0 Å². The zero-order valence-electron chi connectivity index (χ0n) is 14.4. The van der Waals surface area contributed by atoms with Gasteiger partial charge in [0.25, 0.3) is 0 Å². The van der Waals surface area contributed by atoms with Crippen LogP contribution >= 0.6 is 0 Å². The van der Waals surface area contributed by atoms with Crippen LogP contribution in [0.25, 0.3) is 22.1 Å². The predicted octanol–water partition coefficient (Wildman–Crippen LogP) is 5.72. The van der Waals surface area contributed by atoms with Crippen LogP contribution in [0.15, 0.2) is 71.3 Å². The number of benzene rings is 3. The van der Waals surface area contributed by atoms with Gasteiger partial charge in [-0.05, 0) is 48.2 Å². The fraction of sp³-hybridized carbons (Fsp3) is 0.136. The molecule has 0 unspecified atom stereocenters. The van der Waals surface area contributed by atoms with Crippen molar-refractivity contribution in [2.24, 2.45) is 0 Å². The van der Waals surface area contributed by atoms with E-state index in [9.17, 15) is 0 Å². The number of hydrogen-bond acceptors (Lipinski definition) is 3. The van der Waals surface area contributed by atoms with Crippen LogP contribution in [0.5, 0.6) is 0 Å². The first kappa shape index (κ1) is 15.5. The van der Waals surface area contributed by atoms with Crippen LogP contribution in [0.3, 0.4) is 0 Å². The van der Waals surface area contributed by atoms with Gasteiger partial charge in [0.1, 0.15) is 0 Å². The quantitative estimate of drug-likeness (QED) is 0.520. The van der Waals surface area contributed by atoms with Gasteiger partial charge in [0.2, 0.25) is 0 Å². The number of hydrogen-bond donors (Lipinski definition) is 1. The van der Waals surface area contributed by atoms with E-state index in [-0.39, 0.29) is 0 Å². The molecule has 3 heteroatoms. The molecule has 1 N–H and O–H groups in total. The lowest BCUT2D eigenvalue weighted by Crippen LogP contribution is -1.99. The van der Waals surface area contributed by atoms with Crippen LogP contribution in [0.2, 0.25) is 0 Å². The molecule has 4 rings (SSSR count). The van der Waals surface area contributed by atoms with E-state index in [0.717, 1.165) is 28.9 Å². The number of rotatable bonds is 4. The Morgan fingerprint density at radius 2 is 1.80 bits per heavy atom. The van der Waals surface area contributed by atoms with Crippen molar-refractivity contribution >= 4 is 16.8 Å². The van der Waals surface area contributed by atoms with Gasteiger partial charge in [-0.15, -0.1) is 0 Å². The molecular weight excluding hydrogens is 308 g/mol. The fourth-order valence-electron chi connectivity index (χ4n) is 3.14. The molecule has 0 atom stereocenters. The predicted molar refractivity (Wildman–Crippen MR) is 103 cm³/mol. The van der Waals surface area contributed by atoms with E-state index in [1.54, 1.807) is 0 Å². The smallest absolute Gasteiger partial charge is 0.177 e. The van der Waals surface area contributed by atoms with E-state index >= 15 is 0 Å². The molecule has 0 aliphatic heterocycles. The van der Waals surface area contributed by atoms with Crippen molar-refractivity contribution in [3.63, 3.8) is 0 Å². The van der Waals surface area contributed by atoms with E-state index in [1.807, 2.05) is 0 Å². The molecular formula is C22H20N2O. The van der Waals surface area contributed by atoms with Crippen molar-refractivity contribution < 1.29 is 4.52 Å².